The molecule has 4 nitrogen and oxygen atoms in total. The van der Waals surface area contributed by atoms with Gasteiger partial charge in [-0.1, -0.05) is 26.0 Å². The van der Waals surface area contributed by atoms with Crippen LogP contribution in [0.15, 0.2) is 48.2 Å². The number of carbonyl (C=O) groups excluding carboxylic acids is 2. The van der Waals surface area contributed by atoms with Crippen molar-refractivity contribution in [3.05, 3.63) is 54.0 Å². The van der Waals surface area contributed by atoms with Crippen LogP contribution in [-0.4, -0.2) is 22.9 Å². The fraction of sp³-hybridized carbons (Fsp3) is 0.333. The summed E-state index contributed by atoms with van der Waals surface area (Å²) in [6.45, 7) is 3.84. The minimum atomic E-state index is -0.540. The fourth-order valence-electron chi connectivity index (χ4n) is 3.02. The molecule has 3 rings (SSSR count). The van der Waals surface area contributed by atoms with Crippen LogP contribution in [0.3, 0.4) is 0 Å². The molecule has 1 aliphatic heterocycles. The lowest BCUT2D eigenvalue weighted by Crippen LogP contribution is -2.38. The summed E-state index contributed by atoms with van der Waals surface area (Å²) in [6, 6.07) is 4.50. The van der Waals surface area contributed by atoms with Gasteiger partial charge in [-0.15, -0.1) is 0 Å². The second-order valence-electron chi connectivity index (χ2n) is 6.10. The van der Waals surface area contributed by atoms with E-state index in [1.54, 1.807) is 4.90 Å². The van der Waals surface area contributed by atoms with Gasteiger partial charge in [0.2, 0.25) is 0 Å². The number of benzene rings is 1. The number of anilines is 1. The molecular weight excluding hydrogens is 295 g/mol. The van der Waals surface area contributed by atoms with E-state index in [0.29, 0.717) is 5.69 Å². The molecule has 1 atom stereocenters. The van der Waals surface area contributed by atoms with Crippen LogP contribution in [0.25, 0.3) is 0 Å². The Bertz CT molecular complexity index is 691. The smallest absolute Gasteiger partial charge is 0.281 e. The maximum atomic E-state index is 13.1. The molecule has 23 heavy (non-hydrogen) atoms. The monoisotopic (exact) mass is 314 g/mol. The molecule has 0 bridgehead atoms. The average molecular weight is 314 g/mol. The molecule has 5 heteroatoms. The molecular formula is C18H19FN2O2. The Labute approximate surface area is 134 Å². The minimum absolute atomic E-state index is 0.0203. The zero-order chi connectivity index (χ0) is 16.6. The van der Waals surface area contributed by atoms with E-state index in [0.717, 1.165) is 23.4 Å². The van der Waals surface area contributed by atoms with Gasteiger partial charge in [0, 0.05) is 5.70 Å². The van der Waals surface area contributed by atoms with Crippen molar-refractivity contribution in [2.75, 3.05) is 4.90 Å². The number of halogens is 1. The fourth-order valence-corrected chi connectivity index (χ4v) is 3.02. The standard InChI is InChI=1S/C18H19FN2O2/c1-12(2)16-17(22)21(15-10-8-13(19)9-11-15)18(23)20(16)14-6-4-3-5-7-14/h4,6-12,16H,3,5H2,1-2H3/t16-/m0/s1. The number of hydrogen-bond donors (Lipinski definition) is 0. The Morgan fingerprint density at radius 2 is 1.83 bits per heavy atom. The van der Waals surface area contributed by atoms with Crippen LogP contribution in [0.1, 0.15) is 26.7 Å². The van der Waals surface area contributed by atoms with Crippen LogP contribution in [0.4, 0.5) is 14.9 Å². The van der Waals surface area contributed by atoms with E-state index in [9.17, 15) is 14.0 Å². The first-order valence-corrected chi connectivity index (χ1v) is 7.80. The molecule has 0 unspecified atom stereocenters. The molecule has 1 aromatic rings. The number of urea groups is 1. The van der Waals surface area contributed by atoms with Crippen molar-refractivity contribution >= 4 is 17.6 Å². The maximum absolute atomic E-state index is 13.1. The Balaban J connectivity index is 2.01. The largest absolute Gasteiger partial charge is 0.336 e. The van der Waals surface area contributed by atoms with Gasteiger partial charge in [0.1, 0.15) is 11.9 Å². The molecule has 1 heterocycles. The summed E-state index contributed by atoms with van der Waals surface area (Å²) in [7, 11) is 0. The lowest BCUT2D eigenvalue weighted by atomic mass is 10.0. The van der Waals surface area contributed by atoms with E-state index in [2.05, 4.69) is 0 Å². The van der Waals surface area contributed by atoms with Crippen molar-refractivity contribution in [2.45, 2.75) is 32.7 Å². The summed E-state index contributed by atoms with van der Waals surface area (Å²) < 4.78 is 13.1. The number of hydrogen-bond acceptors (Lipinski definition) is 2. The van der Waals surface area contributed by atoms with Crippen molar-refractivity contribution in [1.29, 1.82) is 0 Å². The van der Waals surface area contributed by atoms with Crippen molar-refractivity contribution in [3.63, 3.8) is 0 Å². The van der Waals surface area contributed by atoms with Crippen molar-refractivity contribution in [3.8, 4) is 0 Å². The van der Waals surface area contributed by atoms with Gasteiger partial charge in [0.25, 0.3) is 5.91 Å². The SMILES string of the molecule is CC(C)[C@H]1C(=O)N(c2ccc(F)cc2)C(=O)N1C1=CCCC=C1. The van der Waals surface area contributed by atoms with E-state index in [1.807, 2.05) is 32.1 Å². The number of amides is 3. The van der Waals surface area contributed by atoms with E-state index >= 15 is 0 Å². The molecule has 3 amide bonds. The highest BCUT2D eigenvalue weighted by atomic mass is 19.1. The third-order valence-electron chi connectivity index (χ3n) is 4.12. The van der Waals surface area contributed by atoms with Gasteiger partial charge in [0.15, 0.2) is 0 Å². The van der Waals surface area contributed by atoms with Gasteiger partial charge < -0.3 is 0 Å². The highest BCUT2D eigenvalue weighted by Crippen LogP contribution is 2.33. The van der Waals surface area contributed by atoms with Gasteiger partial charge in [-0.3, -0.25) is 9.69 Å². The summed E-state index contributed by atoms with van der Waals surface area (Å²) in [5.41, 5.74) is 1.16. The second-order valence-corrected chi connectivity index (χ2v) is 6.10. The predicted molar refractivity (Wildman–Crippen MR) is 86.2 cm³/mol. The third kappa shape index (κ3) is 2.67. The van der Waals surface area contributed by atoms with Gasteiger partial charge in [-0.05, 0) is 49.1 Å². The number of allylic oxidation sites excluding steroid dienone is 3. The second kappa shape index (κ2) is 5.99. The Morgan fingerprint density at radius 3 is 2.39 bits per heavy atom. The molecule has 1 saturated heterocycles. The van der Waals surface area contributed by atoms with Crippen LogP contribution in [0.2, 0.25) is 0 Å². The topological polar surface area (TPSA) is 40.6 Å². The summed E-state index contributed by atoms with van der Waals surface area (Å²) in [6.07, 6.45) is 7.66. The first kappa shape index (κ1) is 15.5. The number of nitrogens with zero attached hydrogens (tertiary/aromatic N) is 2. The summed E-state index contributed by atoms with van der Waals surface area (Å²) in [4.78, 5) is 28.4. The Kier molecular flexibility index (Phi) is 4.03. The van der Waals surface area contributed by atoms with Crippen molar-refractivity contribution in [1.82, 2.24) is 4.90 Å². The van der Waals surface area contributed by atoms with E-state index in [4.69, 9.17) is 0 Å². The lowest BCUT2D eigenvalue weighted by Gasteiger charge is -2.26. The Hall–Kier alpha value is -2.43. The molecule has 0 aromatic heterocycles. The highest BCUT2D eigenvalue weighted by Gasteiger charge is 2.48. The van der Waals surface area contributed by atoms with Gasteiger partial charge >= 0.3 is 6.03 Å². The van der Waals surface area contributed by atoms with Gasteiger partial charge in [-0.25, -0.2) is 14.1 Å². The minimum Gasteiger partial charge on any atom is -0.281 e. The summed E-state index contributed by atoms with van der Waals surface area (Å²) in [5.74, 6) is -0.687. The van der Waals surface area contributed by atoms with Crippen molar-refractivity contribution in [2.24, 2.45) is 5.92 Å². The van der Waals surface area contributed by atoms with Crippen LogP contribution in [0.5, 0.6) is 0 Å². The molecule has 1 aliphatic carbocycles. The van der Waals surface area contributed by atoms with Crippen LogP contribution in [0, 0.1) is 11.7 Å². The predicted octanol–water partition coefficient (Wildman–Crippen LogP) is 3.85. The maximum Gasteiger partial charge on any atom is 0.336 e. The third-order valence-corrected chi connectivity index (χ3v) is 4.12. The molecule has 0 N–H and O–H groups in total. The first-order valence-electron chi connectivity index (χ1n) is 7.80. The molecule has 2 aliphatic rings. The number of rotatable bonds is 3. The number of carbonyl (C=O) groups is 2. The lowest BCUT2D eigenvalue weighted by molar-refractivity contribution is -0.120. The number of imide groups is 1. The van der Waals surface area contributed by atoms with Gasteiger partial charge in [0.05, 0.1) is 5.69 Å². The van der Waals surface area contributed by atoms with Crippen molar-refractivity contribution < 1.29 is 14.0 Å². The first-order chi connectivity index (χ1) is 11.0. The average Bonchev–Trinajstić information content (AvgIpc) is 2.80. The van der Waals surface area contributed by atoms with Crippen LogP contribution in [-0.2, 0) is 4.79 Å². The zero-order valence-electron chi connectivity index (χ0n) is 13.2. The molecule has 0 saturated carbocycles. The molecule has 120 valence electrons. The summed E-state index contributed by atoms with van der Waals surface area (Å²) in [5, 5.41) is 0. The van der Waals surface area contributed by atoms with E-state index in [-0.39, 0.29) is 17.9 Å². The van der Waals surface area contributed by atoms with E-state index in [1.165, 1.54) is 24.3 Å². The van der Waals surface area contributed by atoms with Gasteiger partial charge in [-0.2, -0.15) is 0 Å². The van der Waals surface area contributed by atoms with E-state index < -0.39 is 11.9 Å². The summed E-state index contributed by atoms with van der Waals surface area (Å²) >= 11 is 0. The zero-order valence-corrected chi connectivity index (χ0v) is 13.2. The molecule has 1 fully saturated rings. The highest BCUT2D eigenvalue weighted by molar-refractivity contribution is 6.22. The normalized spacial score (nSPS) is 21.4. The molecule has 0 radical (unpaired) electrons. The quantitative estimate of drug-likeness (QED) is 0.795. The molecule has 1 aromatic carbocycles. The Morgan fingerprint density at radius 1 is 1.13 bits per heavy atom. The van der Waals surface area contributed by atoms with Crippen LogP contribution < -0.4 is 4.90 Å². The van der Waals surface area contributed by atoms with Crippen LogP contribution >= 0.6 is 0 Å². The molecule has 0 spiro atoms.